The normalized spacial score (nSPS) is 10.5. The zero-order valence-electron chi connectivity index (χ0n) is 6.83. The largest absolute Gasteiger partial charge is 0.493 e. The fraction of sp³-hybridized carbons (Fsp3) is 0.571. The molecule has 68 valence electrons. The van der Waals surface area contributed by atoms with Crippen molar-refractivity contribution in [2.75, 3.05) is 12.4 Å². The van der Waals surface area contributed by atoms with Gasteiger partial charge in [0.05, 0.1) is 18.8 Å². The quantitative estimate of drug-likeness (QED) is 0.795. The van der Waals surface area contributed by atoms with E-state index in [0.717, 1.165) is 11.0 Å². The predicted octanol–water partition coefficient (Wildman–Crippen LogP) is 1.13. The van der Waals surface area contributed by atoms with Gasteiger partial charge in [-0.3, -0.25) is 0 Å². The molecule has 0 unspecified atom stereocenters. The van der Waals surface area contributed by atoms with Gasteiger partial charge in [-0.25, -0.2) is 4.68 Å². The smallest absolute Gasteiger partial charge is 0.209 e. The first-order valence-corrected chi connectivity index (χ1v) is 4.70. The fourth-order valence-electron chi connectivity index (χ4n) is 0.922. The Morgan fingerprint density at radius 1 is 1.75 bits per heavy atom. The number of aryl methyl sites for hydroxylation is 1. The highest BCUT2D eigenvalue weighted by Crippen LogP contribution is 2.11. The highest BCUT2D eigenvalue weighted by Gasteiger charge is 2.04. The number of hydrogen-bond donors (Lipinski definition) is 1. The molecule has 0 radical (unpaired) electrons. The molecule has 0 spiro atoms. The van der Waals surface area contributed by atoms with Crippen LogP contribution in [-0.2, 0) is 17.9 Å². The zero-order valence-corrected chi connectivity index (χ0v) is 8.41. The Labute approximate surface area is 79.3 Å². The number of hydrogen-bond acceptors (Lipinski definition) is 3. The van der Waals surface area contributed by atoms with Crippen LogP contribution in [0.15, 0.2) is 6.07 Å². The summed E-state index contributed by atoms with van der Waals surface area (Å²) in [6.07, 6.45) is 0. The molecule has 1 N–H and O–H groups in total. The van der Waals surface area contributed by atoms with Gasteiger partial charge >= 0.3 is 0 Å². The van der Waals surface area contributed by atoms with Crippen molar-refractivity contribution in [3.05, 3.63) is 11.8 Å². The van der Waals surface area contributed by atoms with Gasteiger partial charge < -0.3 is 9.84 Å². The van der Waals surface area contributed by atoms with E-state index in [1.807, 2.05) is 0 Å². The lowest BCUT2D eigenvalue weighted by Gasteiger charge is -1.97. The van der Waals surface area contributed by atoms with E-state index in [1.165, 1.54) is 4.68 Å². The first kappa shape index (κ1) is 9.54. The van der Waals surface area contributed by atoms with E-state index in [-0.39, 0.29) is 5.88 Å². The molecule has 12 heavy (non-hydrogen) atoms. The molecule has 1 heterocycles. The van der Waals surface area contributed by atoms with Gasteiger partial charge in [0.1, 0.15) is 0 Å². The molecule has 0 fully saturated rings. The van der Waals surface area contributed by atoms with Gasteiger partial charge in [-0.05, 0) is 0 Å². The first-order chi connectivity index (χ1) is 5.77. The van der Waals surface area contributed by atoms with Crippen LogP contribution in [0.4, 0.5) is 0 Å². The second-order valence-corrected chi connectivity index (χ2v) is 3.13. The number of rotatable bonds is 4. The van der Waals surface area contributed by atoms with Crippen LogP contribution in [0, 0.1) is 0 Å². The SMILES string of the molecule is COCc1cc(O)n(CCBr)n1. The lowest BCUT2D eigenvalue weighted by molar-refractivity contribution is 0.180. The van der Waals surface area contributed by atoms with Crippen molar-refractivity contribution in [1.82, 2.24) is 9.78 Å². The highest BCUT2D eigenvalue weighted by atomic mass is 79.9. The topological polar surface area (TPSA) is 47.3 Å². The molecule has 0 aliphatic rings. The third-order valence-corrected chi connectivity index (χ3v) is 1.75. The monoisotopic (exact) mass is 234 g/mol. The summed E-state index contributed by atoms with van der Waals surface area (Å²) in [5.74, 6) is 0.182. The van der Waals surface area contributed by atoms with Crippen LogP contribution in [0.2, 0.25) is 0 Å². The molecule has 0 atom stereocenters. The van der Waals surface area contributed by atoms with Crippen LogP contribution >= 0.6 is 15.9 Å². The van der Waals surface area contributed by atoms with E-state index >= 15 is 0 Å². The second kappa shape index (κ2) is 4.47. The summed E-state index contributed by atoms with van der Waals surface area (Å²) in [7, 11) is 1.60. The van der Waals surface area contributed by atoms with Gasteiger partial charge in [0.25, 0.3) is 0 Å². The molecule has 1 rings (SSSR count). The molecule has 0 bridgehead atoms. The number of halogens is 1. The van der Waals surface area contributed by atoms with Crippen molar-refractivity contribution in [2.24, 2.45) is 0 Å². The maximum Gasteiger partial charge on any atom is 0.209 e. The Kier molecular flexibility index (Phi) is 3.55. The third-order valence-electron chi connectivity index (χ3n) is 1.40. The van der Waals surface area contributed by atoms with Gasteiger partial charge in [0.15, 0.2) is 0 Å². The third kappa shape index (κ3) is 2.22. The summed E-state index contributed by atoms with van der Waals surface area (Å²) >= 11 is 3.27. The summed E-state index contributed by atoms with van der Waals surface area (Å²) in [5, 5.41) is 14.2. The second-order valence-electron chi connectivity index (χ2n) is 2.34. The van der Waals surface area contributed by atoms with E-state index in [4.69, 9.17) is 4.74 Å². The molecule has 0 saturated carbocycles. The van der Waals surface area contributed by atoms with Crippen molar-refractivity contribution >= 4 is 15.9 Å². The minimum Gasteiger partial charge on any atom is -0.493 e. The standard InChI is InChI=1S/C7H11BrN2O2/c1-12-5-6-4-7(11)10(9-6)3-2-8/h4,11H,2-3,5H2,1H3. The van der Waals surface area contributed by atoms with Crippen molar-refractivity contribution in [2.45, 2.75) is 13.2 Å². The Hall–Kier alpha value is -0.550. The van der Waals surface area contributed by atoms with E-state index < -0.39 is 0 Å². The molecule has 1 aromatic heterocycles. The summed E-state index contributed by atoms with van der Waals surface area (Å²) in [6, 6.07) is 1.60. The van der Waals surface area contributed by atoms with Gasteiger partial charge in [-0.1, -0.05) is 15.9 Å². The summed E-state index contributed by atoms with van der Waals surface area (Å²) in [5.41, 5.74) is 0.746. The van der Waals surface area contributed by atoms with Gasteiger partial charge in [-0.2, -0.15) is 5.10 Å². The molecule has 0 aromatic carbocycles. The molecule has 0 aliphatic carbocycles. The van der Waals surface area contributed by atoms with Crippen LogP contribution in [0.25, 0.3) is 0 Å². The zero-order chi connectivity index (χ0) is 8.97. The maximum atomic E-state index is 9.31. The molecule has 1 aromatic rings. The van der Waals surface area contributed by atoms with Crippen LogP contribution in [-0.4, -0.2) is 27.3 Å². The summed E-state index contributed by atoms with van der Waals surface area (Å²) in [4.78, 5) is 0. The Bertz CT molecular complexity index is 250. The molecule has 0 aliphatic heterocycles. The predicted molar refractivity (Wildman–Crippen MR) is 48.4 cm³/mol. The van der Waals surface area contributed by atoms with E-state index in [9.17, 15) is 5.11 Å². The van der Waals surface area contributed by atoms with Crippen molar-refractivity contribution < 1.29 is 9.84 Å². The average Bonchev–Trinajstić information content (AvgIpc) is 2.34. The highest BCUT2D eigenvalue weighted by molar-refractivity contribution is 9.09. The van der Waals surface area contributed by atoms with E-state index in [0.29, 0.717) is 13.2 Å². The fourth-order valence-corrected chi connectivity index (χ4v) is 1.26. The number of alkyl halides is 1. The number of aromatic nitrogens is 2. The van der Waals surface area contributed by atoms with E-state index in [1.54, 1.807) is 13.2 Å². The lowest BCUT2D eigenvalue weighted by Crippen LogP contribution is -2.01. The number of nitrogens with zero attached hydrogens (tertiary/aromatic N) is 2. The first-order valence-electron chi connectivity index (χ1n) is 3.58. The molecule has 0 saturated heterocycles. The molecular weight excluding hydrogens is 224 g/mol. The number of aromatic hydroxyl groups is 1. The van der Waals surface area contributed by atoms with Gasteiger partial charge in [-0.15, -0.1) is 0 Å². The van der Waals surface area contributed by atoms with Crippen LogP contribution in [0.5, 0.6) is 5.88 Å². The van der Waals surface area contributed by atoms with Crippen LogP contribution in [0.3, 0.4) is 0 Å². The molecular formula is C7H11BrN2O2. The summed E-state index contributed by atoms with van der Waals surface area (Å²) < 4.78 is 6.41. The average molecular weight is 235 g/mol. The minimum absolute atomic E-state index is 0.182. The van der Waals surface area contributed by atoms with Crippen LogP contribution < -0.4 is 0 Å². The molecule has 0 amide bonds. The summed E-state index contributed by atoms with van der Waals surface area (Å²) in [6.45, 7) is 1.10. The van der Waals surface area contributed by atoms with Crippen LogP contribution in [0.1, 0.15) is 5.69 Å². The molecule has 4 nitrogen and oxygen atoms in total. The minimum atomic E-state index is 0.182. The Morgan fingerprint density at radius 2 is 2.50 bits per heavy atom. The van der Waals surface area contributed by atoms with Gasteiger partial charge in [0.2, 0.25) is 5.88 Å². The Morgan fingerprint density at radius 3 is 3.08 bits per heavy atom. The van der Waals surface area contributed by atoms with Gasteiger partial charge in [0, 0.05) is 18.5 Å². The van der Waals surface area contributed by atoms with Crippen molar-refractivity contribution in [1.29, 1.82) is 0 Å². The molecule has 5 heteroatoms. The van der Waals surface area contributed by atoms with Crippen molar-refractivity contribution in [3.8, 4) is 5.88 Å². The maximum absolute atomic E-state index is 9.31. The van der Waals surface area contributed by atoms with E-state index in [2.05, 4.69) is 21.0 Å². The van der Waals surface area contributed by atoms with Crippen molar-refractivity contribution in [3.63, 3.8) is 0 Å². The number of ether oxygens (including phenoxy) is 1. The lowest BCUT2D eigenvalue weighted by atomic mass is 10.5. The number of methoxy groups -OCH3 is 1. The Balaban J connectivity index is 2.70.